The number of hydrogen-bond acceptors (Lipinski definition) is 5. The van der Waals surface area contributed by atoms with Crippen molar-refractivity contribution in [1.82, 2.24) is 5.32 Å². The standard InChI is InChI=1S/C9H12F2N2O3S/c10-8(11)5-16-2-1-12-4-7-3-9(13(14)15)17-6-7/h3,6,8,12H,1-2,4-5H2. The average Bonchev–Trinajstić information content (AvgIpc) is 2.71. The molecule has 0 aliphatic carbocycles. The first-order valence-corrected chi connectivity index (χ1v) is 5.76. The Hall–Kier alpha value is -1.12. The van der Waals surface area contributed by atoms with Gasteiger partial charge in [0.05, 0.1) is 11.5 Å². The SMILES string of the molecule is O=[N+]([O-])c1cc(CNCCOCC(F)F)cs1. The number of nitrogens with zero attached hydrogens (tertiary/aromatic N) is 1. The molecule has 0 atom stereocenters. The molecule has 0 aliphatic rings. The summed E-state index contributed by atoms with van der Waals surface area (Å²) in [6.45, 7) is 0.515. The van der Waals surface area contributed by atoms with Crippen LogP contribution in [0.5, 0.6) is 0 Å². The van der Waals surface area contributed by atoms with Crippen molar-refractivity contribution in [1.29, 1.82) is 0 Å². The number of halogens is 2. The fraction of sp³-hybridized carbons (Fsp3) is 0.556. The van der Waals surface area contributed by atoms with Crippen LogP contribution in [0, 0.1) is 10.1 Å². The lowest BCUT2D eigenvalue weighted by molar-refractivity contribution is -0.380. The molecule has 0 radical (unpaired) electrons. The lowest BCUT2D eigenvalue weighted by Gasteiger charge is -2.04. The first-order valence-electron chi connectivity index (χ1n) is 4.88. The zero-order valence-electron chi connectivity index (χ0n) is 8.90. The zero-order chi connectivity index (χ0) is 12.7. The summed E-state index contributed by atoms with van der Waals surface area (Å²) in [5.74, 6) is 0. The van der Waals surface area contributed by atoms with Crippen molar-refractivity contribution in [2.45, 2.75) is 13.0 Å². The minimum absolute atomic E-state index is 0.0933. The Bertz CT molecular complexity index is 360. The summed E-state index contributed by atoms with van der Waals surface area (Å²) >= 11 is 1.06. The third-order valence-electron chi connectivity index (χ3n) is 1.82. The van der Waals surface area contributed by atoms with Gasteiger partial charge >= 0.3 is 5.00 Å². The van der Waals surface area contributed by atoms with Crippen molar-refractivity contribution in [2.24, 2.45) is 0 Å². The Morgan fingerprint density at radius 2 is 2.35 bits per heavy atom. The monoisotopic (exact) mass is 266 g/mol. The van der Waals surface area contributed by atoms with Crippen molar-refractivity contribution >= 4 is 16.3 Å². The maximum atomic E-state index is 11.7. The van der Waals surface area contributed by atoms with Gasteiger partial charge < -0.3 is 10.1 Å². The quantitative estimate of drug-likeness (QED) is 0.444. The fourth-order valence-electron chi connectivity index (χ4n) is 1.10. The molecule has 0 saturated heterocycles. The van der Waals surface area contributed by atoms with Crippen LogP contribution in [0.15, 0.2) is 11.4 Å². The van der Waals surface area contributed by atoms with Gasteiger partial charge in [-0.3, -0.25) is 10.1 Å². The highest BCUT2D eigenvalue weighted by molar-refractivity contribution is 7.13. The van der Waals surface area contributed by atoms with Crippen LogP contribution < -0.4 is 5.32 Å². The van der Waals surface area contributed by atoms with Gasteiger partial charge in [-0.2, -0.15) is 0 Å². The highest BCUT2D eigenvalue weighted by Gasteiger charge is 2.08. The van der Waals surface area contributed by atoms with E-state index < -0.39 is 18.0 Å². The summed E-state index contributed by atoms with van der Waals surface area (Å²) in [7, 11) is 0. The van der Waals surface area contributed by atoms with Crippen LogP contribution in [0.3, 0.4) is 0 Å². The maximum absolute atomic E-state index is 11.7. The molecular formula is C9H12F2N2O3S. The molecule has 1 aromatic heterocycles. The second-order valence-electron chi connectivity index (χ2n) is 3.19. The van der Waals surface area contributed by atoms with E-state index in [0.717, 1.165) is 16.9 Å². The van der Waals surface area contributed by atoms with Gasteiger partial charge in [-0.05, 0) is 5.56 Å². The van der Waals surface area contributed by atoms with Crippen LogP contribution in [0.1, 0.15) is 5.56 Å². The number of ether oxygens (including phenoxy) is 1. The van der Waals surface area contributed by atoms with E-state index in [0.29, 0.717) is 13.1 Å². The van der Waals surface area contributed by atoms with E-state index in [2.05, 4.69) is 10.1 Å². The molecule has 0 fully saturated rings. The van der Waals surface area contributed by atoms with Crippen molar-refractivity contribution in [2.75, 3.05) is 19.8 Å². The molecule has 1 heterocycles. The van der Waals surface area contributed by atoms with Crippen LogP contribution in [-0.4, -0.2) is 31.1 Å². The summed E-state index contributed by atoms with van der Waals surface area (Å²) < 4.78 is 28.0. The van der Waals surface area contributed by atoms with Gasteiger partial charge in [-0.25, -0.2) is 8.78 Å². The number of rotatable bonds is 8. The molecule has 0 spiro atoms. The summed E-state index contributed by atoms with van der Waals surface area (Å²) in [6.07, 6.45) is -2.45. The van der Waals surface area contributed by atoms with Crippen LogP contribution in [0.2, 0.25) is 0 Å². The molecule has 0 saturated carbocycles. The number of thiophene rings is 1. The molecular weight excluding hydrogens is 254 g/mol. The average molecular weight is 266 g/mol. The highest BCUT2D eigenvalue weighted by Crippen LogP contribution is 2.22. The number of alkyl halides is 2. The highest BCUT2D eigenvalue weighted by atomic mass is 32.1. The topological polar surface area (TPSA) is 64.4 Å². The van der Waals surface area contributed by atoms with Gasteiger partial charge in [0, 0.05) is 24.5 Å². The second-order valence-corrected chi connectivity index (χ2v) is 4.08. The van der Waals surface area contributed by atoms with E-state index in [4.69, 9.17) is 0 Å². The van der Waals surface area contributed by atoms with Gasteiger partial charge in [-0.15, -0.1) is 0 Å². The number of nitrogens with one attached hydrogen (secondary N) is 1. The van der Waals surface area contributed by atoms with Gasteiger partial charge in [0.1, 0.15) is 6.61 Å². The minimum Gasteiger partial charge on any atom is -0.374 e. The van der Waals surface area contributed by atoms with Crippen LogP contribution in [0.4, 0.5) is 13.8 Å². The van der Waals surface area contributed by atoms with Gasteiger partial charge in [0.25, 0.3) is 6.43 Å². The molecule has 17 heavy (non-hydrogen) atoms. The third kappa shape index (κ3) is 5.66. The molecule has 0 amide bonds. The molecule has 96 valence electrons. The Kier molecular flexibility index (Phi) is 5.95. The van der Waals surface area contributed by atoms with Crippen molar-refractivity contribution in [3.05, 3.63) is 27.1 Å². The molecule has 0 unspecified atom stereocenters. The molecule has 1 N–H and O–H groups in total. The second kappa shape index (κ2) is 7.25. The van der Waals surface area contributed by atoms with Crippen molar-refractivity contribution < 1.29 is 18.4 Å². The van der Waals surface area contributed by atoms with E-state index in [1.165, 1.54) is 6.07 Å². The largest absolute Gasteiger partial charge is 0.374 e. The Morgan fingerprint density at radius 3 is 2.94 bits per heavy atom. The molecule has 8 heteroatoms. The summed E-state index contributed by atoms with van der Waals surface area (Å²) in [4.78, 5) is 9.95. The lowest BCUT2D eigenvalue weighted by atomic mass is 10.3. The first kappa shape index (κ1) is 13.9. The van der Waals surface area contributed by atoms with Crippen LogP contribution in [-0.2, 0) is 11.3 Å². The van der Waals surface area contributed by atoms with E-state index in [1.54, 1.807) is 5.38 Å². The minimum atomic E-state index is -2.45. The van der Waals surface area contributed by atoms with E-state index in [1.807, 2.05) is 0 Å². The lowest BCUT2D eigenvalue weighted by Crippen LogP contribution is -2.20. The summed E-state index contributed by atoms with van der Waals surface area (Å²) in [6, 6.07) is 1.48. The maximum Gasteiger partial charge on any atom is 0.324 e. The smallest absolute Gasteiger partial charge is 0.324 e. The van der Waals surface area contributed by atoms with E-state index in [-0.39, 0.29) is 11.6 Å². The number of nitro groups is 1. The normalized spacial score (nSPS) is 11.0. The van der Waals surface area contributed by atoms with E-state index in [9.17, 15) is 18.9 Å². The molecule has 5 nitrogen and oxygen atoms in total. The summed E-state index contributed by atoms with van der Waals surface area (Å²) in [5.41, 5.74) is 0.801. The first-order chi connectivity index (χ1) is 8.09. The fourth-order valence-corrected chi connectivity index (χ4v) is 1.83. The molecule has 0 aromatic carbocycles. The molecule has 0 aliphatic heterocycles. The Labute approximate surface area is 101 Å². The van der Waals surface area contributed by atoms with Gasteiger partial charge in [0.2, 0.25) is 0 Å². The Morgan fingerprint density at radius 1 is 1.59 bits per heavy atom. The summed E-state index contributed by atoms with van der Waals surface area (Å²) in [5, 5.41) is 15.1. The van der Waals surface area contributed by atoms with Gasteiger partial charge in [0.15, 0.2) is 0 Å². The van der Waals surface area contributed by atoms with Crippen molar-refractivity contribution in [3.8, 4) is 0 Å². The third-order valence-corrected chi connectivity index (χ3v) is 2.75. The predicted octanol–water partition coefficient (Wildman–Crippen LogP) is 2.03. The van der Waals surface area contributed by atoms with Crippen molar-refractivity contribution in [3.63, 3.8) is 0 Å². The number of hydrogen-bond donors (Lipinski definition) is 1. The molecule has 1 rings (SSSR count). The van der Waals surface area contributed by atoms with E-state index >= 15 is 0 Å². The molecule has 1 aromatic rings. The van der Waals surface area contributed by atoms with Crippen LogP contribution in [0.25, 0.3) is 0 Å². The van der Waals surface area contributed by atoms with Gasteiger partial charge in [-0.1, -0.05) is 11.3 Å². The Balaban J connectivity index is 2.11. The zero-order valence-corrected chi connectivity index (χ0v) is 9.71. The predicted molar refractivity (Wildman–Crippen MR) is 59.5 cm³/mol. The van der Waals surface area contributed by atoms with Crippen LogP contribution >= 0.6 is 11.3 Å². The molecule has 0 bridgehead atoms.